The van der Waals surface area contributed by atoms with Crippen molar-refractivity contribution in [1.82, 2.24) is 0 Å². The topological polar surface area (TPSA) is 66.4 Å². The number of aliphatic hydroxyl groups is 1. The van der Waals surface area contributed by atoms with Crippen molar-refractivity contribution in [3.05, 3.63) is 41.5 Å². The number of hydrogen-bond acceptors (Lipinski definition) is 6. The molecule has 0 amide bonds. The molecule has 0 unspecified atom stereocenters. The second-order valence-electron chi connectivity index (χ2n) is 5.73. The SMILES string of the molecule is COc1cc(OC)c2c(c1)O[C@H](c1ccc(OC)c(OC)c1)[C@H](O)C2. The van der Waals surface area contributed by atoms with Gasteiger partial charge in [-0.1, -0.05) is 6.07 Å². The summed E-state index contributed by atoms with van der Waals surface area (Å²) in [6.45, 7) is 0. The quantitative estimate of drug-likeness (QED) is 0.898. The predicted octanol–water partition coefficient (Wildman–Crippen LogP) is 2.76. The van der Waals surface area contributed by atoms with Crippen molar-refractivity contribution < 1.29 is 28.8 Å². The normalized spacial score (nSPS) is 18.8. The number of ether oxygens (including phenoxy) is 5. The van der Waals surface area contributed by atoms with E-state index < -0.39 is 12.2 Å². The molecule has 1 aliphatic heterocycles. The minimum Gasteiger partial charge on any atom is -0.496 e. The van der Waals surface area contributed by atoms with Crippen molar-refractivity contribution in [2.45, 2.75) is 18.6 Å². The van der Waals surface area contributed by atoms with E-state index in [1.54, 1.807) is 46.6 Å². The largest absolute Gasteiger partial charge is 0.496 e. The zero-order valence-corrected chi connectivity index (χ0v) is 14.7. The summed E-state index contributed by atoms with van der Waals surface area (Å²) < 4.78 is 27.4. The molecule has 2 aromatic carbocycles. The highest BCUT2D eigenvalue weighted by atomic mass is 16.5. The first-order valence-corrected chi connectivity index (χ1v) is 7.92. The van der Waals surface area contributed by atoms with Crippen molar-refractivity contribution in [3.63, 3.8) is 0 Å². The van der Waals surface area contributed by atoms with Crippen molar-refractivity contribution in [3.8, 4) is 28.7 Å². The number of methoxy groups -OCH3 is 4. The summed E-state index contributed by atoms with van der Waals surface area (Å²) in [6, 6.07) is 9.06. The monoisotopic (exact) mass is 346 g/mol. The van der Waals surface area contributed by atoms with Gasteiger partial charge in [-0.3, -0.25) is 0 Å². The Kier molecular flexibility index (Phi) is 4.90. The molecule has 2 atom stereocenters. The molecule has 0 aliphatic carbocycles. The maximum atomic E-state index is 10.6. The third-order valence-corrected chi connectivity index (χ3v) is 4.35. The number of benzene rings is 2. The van der Waals surface area contributed by atoms with Crippen molar-refractivity contribution in [2.24, 2.45) is 0 Å². The summed E-state index contributed by atoms with van der Waals surface area (Å²) >= 11 is 0. The van der Waals surface area contributed by atoms with Gasteiger partial charge in [0.1, 0.15) is 23.4 Å². The summed E-state index contributed by atoms with van der Waals surface area (Å²) in [5, 5.41) is 10.6. The number of aliphatic hydroxyl groups excluding tert-OH is 1. The number of hydrogen-bond donors (Lipinski definition) is 1. The van der Waals surface area contributed by atoms with Gasteiger partial charge in [0.25, 0.3) is 0 Å². The smallest absolute Gasteiger partial charge is 0.161 e. The van der Waals surface area contributed by atoms with Gasteiger partial charge in [0, 0.05) is 24.1 Å². The van der Waals surface area contributed by atoms with Gasteiger partial charge >= 0.3 is 0 Å². The lowest BCUT2D eigenvalue weighted by atomic mass is 9.94. The van der Waals surface area contributed by atoms with Crippen LogP contribution in [0, 0.1) is 0 Å². The Balaban J connectivity index is 1.99. The zero-order valence-electron chi connectivity index (χ0n) is 14.7. The fraction of sp³-hybridized carbons (Fsp3) is 0.368. The van der Waals surface area contributed by atoms with E-state index in [0.717, 1.165) is 11.1 Å². The second kappa shape index (κ2) is 7.11. The van der Waals surface area contributed by atoms with Gasteiger partial charge in [0.2, 0.25) is 0 Å². The van der Waals surface area contributed by atoms with E-state index in [9.17, 15) is 5.11 Å². The van der Waals surface area contributed by atoms with E-state index in [-0.39, 0.29) is 0 Å². The average molecular weight is 346 g/mol. The lowest BCUT2D eigenvalue weighted by Gasteiger charge is -2.32. The Bertz CT molecular complexity index is 758. The van der Waals surface area contributed by atoms with Crippen LogP contribution in [-0.4, -0.2) is 39.6 Å². The maximum Gasteiger partial charge on any atom is 0.161 e. The van der Waals surface area contributed by atoms with Gasteiger partial charge in [0.15, 0.2) is 11.5 Å². The summed E-state index contributed by atoms with van der Waals surface area (Å²) in [6.07, 6.45) is -0.821. The van der Waals surface area contributed by atoms with Gasteiger partial charge in [-0.25, -0.2) is 0 Å². The molecule has 25 heavy (non-hydrogen) atoms. The minimum atomic E-state index is -0.715. The molecular weight excluding hydrogens is 324 g/mol. The van der Waals surface area contributed by atoms with Gasteiger partial charge < -0.3 is 28.8 Å². The molecule has 0 saturated carbocycles. The second-order valence-corrected chi connectivity index (χ2v) is 5.73. The summed E-state index contributed by atoms with van der Waals surface area (Å²) in [5.41, 5.74) is 1.63. The third kappa shape index (κ3) is 3.17. The van der Waals surface area contributed by atoms with E-state index in [1.165, 1.54) is 0 Å². The van der Waals surface area contributed by atoms with Gasteiger partial charge in [-0.2, -0.15) is 0 Å². The molecule has 0 bridgehead atoms. The molecule has 0 radical (unpaired) electrons. The van der Waals surface area contributed by atoms with Gasteiger partial charge in [0.05, 0.1) is 34.5 Å². The van der Waals surface area contributed by atoms with E-state index in [2.05, 4.69) is 0 Å². The zero-order chi connectivity index (χ0) is 18.0. The molecule has 0 spiro atoms. The van der Waals surface area contributed by atoms with Crippen LogP contribution in [0.15, 0.2) is 30.3 Å². The highest BCUT2D eigenvalue weighted by Gasteiger charge is 2.33. The minimum absolute atomic E-state index is 0.418. The lowest BCUT2D eigenvalue weighted by Crippen LogP contribution is -2.30. The van der Waals surface area contributed by atoms with Crippen LogP contribution in [0.3, 0.4) is 0 Å². The fourth-order valence-corrected chi connectivity index (χ4v) is 3.05. The standard InChI is InChI=1S/C19H22O6/c1-21-12-8-16(23-3)13-10-14(20)19(25-17(13)9-12)11-5-6-15(22-2)18(7-11)24-4/h5-9,14,19-20H,10H2,1-4H3/t14-,19-/m1/s1. The van der Waals surface area contributed by atoms with Crippen LogP contribution in [0.4, 0.5) is 0 Å². The van der Waals surface area contributed by atoms with Crippen LogP contribution in [0.2, 0.25) is 0 Å². The van der Waals surface area contributed by atoms with Crippen LogP contribution in [0.1, 0.15) is 17.2 Å². The third-order valence-electron chi connectivity index (χ3n) is 4.35. The van der Waals surface area contributed by atoms with Crippen molar-refractivity contribution in [1.29, 1.82) is 0 Å². The van der Waals surface area contributed by atoms with Crippen LogP contribution in [0.25, 0.3) is 0 Å². The summed E-state index contributed by atoms with van der Waals surface area (Å²) in [4.78, 5) is 0. The first-order chi connectivity index (χ1) is 12.1. The molecule has 1 N–H and O–H groups in total. The molecule has 1 aliphatic rings. The lowest BCUT2D eigenvalue weighted by molar-refractivity contribution is 0.0196. The summed E-state index contributed by atoms with van der Waals surface area (Å²) in [7, 11) is 6.33. The Hall–Kier alpha value is -2.60. The number of rotatable bonds is 5. The Morgan fingerprint density at radius 3 is 2.24 bits per heavy atom. The Morgan fingerprint density at radius 1 is 0.880 bits per heavy atom. The van der Waals surface area contributed by atoms with E-state index >= 15 is 0 Å². The fourth-order valence-electron chi connectivity index (χ4n) is 3.05. The van der Waals surface area contributed by atoms with Crippen LogP contribution >= 0.6 is 0 Å². The van der Waals surface area contributed by atoms with Gasteiger partial charge in [-0.15, -0.1) is 0 Å². The Morgan fingerprint density at radius 2 is 1.60 bits per heavy atom. The first kappa shape index (κ1) is 17.2. The molecule has 2 aromatic rings. The molecule has 134 valence electrons. The van der Waals surface area contributed by atoms with Crippen molar-refractivity contribution >= 4 is 0 Å². The van der Waals surface area contributed by atoms with Crippen LogP contribution < -0.4 is 23.7 Å². The molecule has 0 saturated heterocycles. The first-order valence-electron chi connectivity index (χ1n) is 7.92. The maximum absolute atomic E-state index is 10.6. The molecule has 0 aromatic heterocycles. The van der Waals surface area contributed by atoms with Crippen molar-refractivity contribution in [2.75, 3.05) is 28.4 Å². The highest BCUT2D eigenvalue weighted by molar-refractivity contribution is 5.53. The van der Waals surface area contributed by atoms with Gasteiger partial charge in [-0.05, 0) is 17.7 Å². The summed E-state index contributed by atoms with van der Waals surface area (Å²) in [5.74, 6) is 3.13. The average Bonchev–Trinajstić information content (AvgIpc) is 2.66. The molecule has 6 heteroatoms. The molecular formula is C19H22O6. The van der Waals surface area contributed by atoms with E-state index in [1.807, 2.05) is 12.1 Å². The van der Waals surface area contributed by atoms with E-state index in [4.69, 9.17) is 23.7 Å². The van der Waals surface area contributed by atoms with Crippen LogP contribution in [0.5, 0.6) is 28.7 Å². The number of fused-ring (bicyclic) bond motifs is 1. The molecule has 0 fully saturated rings. The molecule has 3 rings (SSSR count). The predicted molar refractivity (Wildman–Crippen MR) is 92.2 cm³/mol. The molecule has 6 nitrogen and oxygen atoms in total. The van der Waals surface area contributed by atoms with E-state index in [0.29, 0.717) is 35.2 Å². The van der Waals surface area contributed by atoms with Crippen LogP contribution in [-0.2, 0) is 6.42 Å². The Labute approximate surface area is 146 Å². The highest BCUT2D eigenvalue weighted by Crippen LogP contribution is 2.43. The molecule has 1 heterocycles.